The predicted octanol–water partition coefficient (Wildman–Crippen LogP) is 20.8. The van der Waals surface area contributed by atoms with E-state index in [9.17, 15) is 19.8 Å². The van der Waals surface area contributed by atoms with Crippen molar-refractivity contribution < 1.29 is 24.5 Å². The quantitative estimate of drug-likeness (QED) is 0.0320. The van der Waals surface area contributed by atoms with Crippen LogP contribution in [0, 0.1) is 0 Å². The number of nitrogens with one attached hydrogen (secondary N) is 1. The van der Waals surface area contributed by atoms with Crippen LogP contribution in [0.5, 0.6) is 0 Å². The largest absolute Gasteiger partial charge is 0.466 e. The van der Waals surface area contributed by atoms with Crippen molar-refractivity contribution in [2.24, 2.45) is 0 Å². The van der Waals surface area contributed by atoms with Gasteiger partial charge in [0.1, 0.15) is 0 Å². The average Bonchev–Trinajstić information content (AvgIpc) is 3.38. The molecule has 0 aromatic heterocycles. The average molecular weight is 1020 g/mol. The number of carbonyl (C=O) groups is 2. The number of ether oxygens (including phenoxy) is 1. The van der Waals surface area contributed by atoms with Crippen LogP contribution >= 0.6 is 0 Å². The van der Waals surface area contributed by atoms with Crippen molar-refractivity contribution in [2.45, 2.75) is 386 Å². The van der Waals surface area contributed by atoms with Crippen LogP contribution < -0.4 is 5.32 Å². The number of hydrogen-bond acceptors (Lipinski definition) is 5. The van der Waals surface area contributed by atoms with Gasteiger partial charge in [-0.2, -0.15) is 0 Å². The van der Waals surface area contributed by atoms with Crippen LogP contribution in [0.1, 0.15) is 373 Å². The molecule has 72 heavy (non-hydrogen) atoms. The maximum Gasteiger partial charge on any atom is 0.305 e. The molecule has 0 aromatic carbocycles. The summed E-state index contributed by atoms with van der Waals surface area (Å²) >= 11 is 0. The van der Waals surface area contributed by atoms with Gasteiger partial charge in [-0.15, -0.1) is 0 Å². The number of allylic oxidation sites excluding steroid dienone is 1. The molecule has 2 unspecified atom stereocenters. The summed E-state index contributed by atoms with van der Waals surface area (Å²) < 4.78 is 5.49. The zero-order valence-electron chi connectivity index (χ0n) is 48.9. The van der Waals surface area contributed by atoms with Gasteiger partial charge >= 0.3 is 5.97 Å². The van der Waals surface area contributed by atoms with E-state index in [0.29, 0.717) is 19.4 Å². The third-order valence-electron chi connectivity index (χ3n) is 15.6. The highest BCUT2D eigenvalue weighted by Gasteiger charge is 2.18. The molecule has 1 amide bonds. The van der Waals surface area contributed by atoms with Crippen molar-refractivity contribution in [3.05, 3.63) is 12.2 Å². The molecular formula is C66H129NO5. The number of rotatable bonds is 62. The Balaban J connectivity index is 3.35. The molecule has 2 atom stereocenters. The first-order chi connectivity index (χ1) is 35.5. The number of unbranched alkanes of at least 4 members (excludes halogenated alkanes) is 51. The zero-order valence-corrected chi connectivity index (χ0v) is 48.9. The molecule has 0 aliphatic rings. The fraction of sp³-hybridized carbons (Fsp3) is 0.939. The Morgan fingerprint density at radius 2 is 0.639 bits per heavy atom. The molecule has 0 bridgehead atoms. The minimum atomic E-state index is -0.841. The first-order valence-electron chi connectivity index (χ1n) is 33.0. The summed E-state index contributed by atoms with van der Waals surface area (Å²) in [5.41, 5.74) is 0. The minimum absolute atomic E-state index is 0.0199. The van der Waals surface area contributed by atoms with Crippen LogP contribution in [0.3, 0.4) is 0 Å². The number of hydrogen-bond donors (Lipinski definition) is 3. The second-order valence-electron chi connectivity index (χ2n) is 22.8. The highest BCUT2D eigenvalue weighted by atomic mass is 16.5. The second kappa shape index (κ2) is 62.1. The SMILES string of the molecule is CCCCCCCCCCCCCCC/C=C/C(O)C(CO)NC(=O)CCCCCCCCCCCCCCCCCCCCCCCCCCCCCOC(=O)CCCCCCCCCCCCCCC. The van der Waals surface area contributed by atoms with Crippen molar-refractivity contribution in [3.63, 3.8) is 0 Å². The summed E-state index contributed by atoms with van der Waals surface area (Å²) in [6.45, 7) is 4.94. The smallest absolute Gasteiger partial charge is 0.305 e. The van der Waals surface area contributed by atoms with Gasteiger partial charge in [0.05, 0.1) is 25.4 Å². The van der Waals surface area contributed by atoms with E-state index in [4.69, 9.17) is 4.74 Å². The van der Waals surface area contributed by atoms with E-state index in [-0.39, 0.29) is 18.5 Å². The summed E-state index contributed by atoms with van der Waals surface area (Å²) in [6, 6.07) is -0.624. The van der Waals surface area contributed by atoms with Gasteiger partial charge in [0.15, 0.2) is 0 Å². The summed E-state index contributed by atoms with van der Waals surface area (Å²) in [4.78, 5) is 24.5. The summed E-state index contributed by atoms with van der Waals surface area (Å²) in [7, 11) is 0. The lowest BCUT2D eigenvalue weighted by atomic mass is 10.0. The molecule has 0 aromatic rings. The van der Waals surface area contributed by atoms with Crippen molar-refractivity contribution in [1.82, 2.24) is 5.32 Å². The zero-order chi connectivity index (χ0) is 52.2. The first kappa shape index (κ1) is 70.6. The molecule has 0 spiro atoms. The number of carbonyl (C=O) groups excluding carboxylic acids is 2. The van der Waals surface area contributed by atoms with Gasteiger partial charge in [0.2, 0.25) is 5.91 Å². The highest BCUT2D eigenvalue weighted by Crippen LogP contribution is 2.19. The molecule has 6 nitrogen and oxygen atoms in total. The number of aliphatic hydroxyl groups is 2. The van der Waals surface area contributed by atoms with Crippen LogP contribution in [-0.2, 0) is 14.3 Å². The molecular weight excluding hydrogens is 887 g/mol. The number of esters is 1. The lowest BCUT2D eigenvalue weighted by Gasteiger charge is -2.20. The maximum absolute atomic E-state index is 12.5. The van der Waals surface area contributed by atoms with Crippen molar-refractivity contribution in [2.75, 3.05) is 13.2 Å². The Morgan fingerprint density at radius 1 is 0.375 bits per heavy atom. The lowest BCUT2D eigenvalue weighted by Crippen LogP contribution is -2.45. The maximum atomic E-state index is 12.5. The number of aliphatic hydroxyl groups excluding tert-OH is 2. The first-order valence-corrected chi connectivity index (χ1v) is 33.0. The van der Waals surface area contributed by atoms with E-state index >= 15 is 0 Å². The molecule has 0 rings (SSSR count). The van der Waals surface area contributed by atoms with E-state index in [2.05, 4.69) is 19.2 Å². The predicted molar refractivity (Wildman–Crippen MR) is 315 cm³/mol. The standard InChI is InChI=1S/C66H129NO5/c1-3-5-7-9-11-13-15-17-31-35-38-42-46-50-54-58-64(69)63(62-68)67-65(70)59-55-51-47-43-39-36-32-29-27-25-23-21-19-18-20-22-24-26-28-30-33-37-41-45-49-53-57-61-72-66(71)60-56-52-48-44-40-34-16-14-12-10-8-6-4-2/h54,58,63-64,68-69H,3-53,55-57,59-62H2,1-2H3,(H,67,70)/b58-54+. The van der Waals surface area contributed by atoms with Crippen LogP contribution in [0.4, 0.5) is 0 Å². The third-order valence-corrected chi connectivity index (χ3v) is 15.6. The van der Waals surface area contributed by atoms with Gasteiger partial charge < -0.3 is 20.3 Å². The van der Waals surface area contributed by atoms with E-state index in [1.165, 1.54) is 308 Å². The Kier molecular flexibility index (Phi) is 60.9. The molecule has 0 heterocycles. The van der Waals surface area contributed by atoms with Gasteiger partial charge in [0.25, 0.3) is 0 Å². The molecule has 0 saturated carbocycles. The minimum Gasteiger partial charge on any atom is -0.466 e. The topological polar surface area (TPSA) is 95.9 Å². The third kappa shape index (κ3) is 57.9. The van der Waals surface area contributed by atoms with E-state index in [0.717, 1.165) is 38.5 Å². The molecule has 428 valence electrons. The highest BCUT2D eigenvalue weighted by molar-refractivity contribution is 5.76. The fourth-order valence-corrected chi connectivity index (χ4v) is 10.5. The van der Waals surface area contributed by atoms with Crippen molar-refractivity contribution >= 4 is 11.9 Å². The van der Waals surface area contributed by atoms with Crippen LogP contribution in [0.25, 0.3) is 0 Å². The molecule has 0 radical (unpaired) electrons. The summed E-state index contributed by atoms with van der Waals surface area (Å²) in [5.74, 6) is -0.0428. The normalized spacial score (nSPS) is 12.6. The second-order valence-corrected chi connectivity index (χ2v) is 22.8. The lowest BCUT2D eigenvalue weighted by molar-refractivity contribution is -0.143. The summed E-state index contributed by atoms with van der Waals surface area (Å²) in [5, 5.41) is 23.1. The number of amides is 1. The Morgan fingerprint density at radius 3 is 0.944 bits per heavy atom. The van der Waals surface area contributed by atoms with Gasteiger partial charge in [-0.1, -0.05) is 341 Å². The van der Waals surface area contributed by atoms with Crippen LogP contribution in [0.2, 0.25) is 0 Å². The van der Waals surface area contributed by atoms with Gasteiger partial charge in [-0.25, -0.2) is 0 Å². The van der Waals surface area contributed by atoms with E-state index < -0.39 is 12.1 Å². The molecule has 3 N–H and O–H groups in total. The monoisotopic (exact) mass is 1020 g/mol. The molecule has 0 aliphatic heterocycles. The van der Waals surface area contributed by atoms with E-state index in [1.807, 2.05) is 6.08 Å². The fourth-order valence-electron chi connectivity index (χ4n) is 10.5. The summed E-state index contributed by atoms with van der Waals surface area (Å²) in [6.07, 6.45) is 75.6. The van der Waals surface area contributed by atoms with E-state index in [1.54, 1.807) is 6.08 Å². The molecule has 6 heteroatoms. The molecule has 0 aliphatic carbocycles. The Bertz CT molecular complexity index is 1080. The van der Waals surface area contributed by atoms with Crippen molar-refractivity contribution in [3.8, 4) is 0 Å². The van der Waals surface area contributed by atoms with Gasteiger partial charge in [0, 0.05) is 12.8 Å². The van der Waals surface area contributed by atoms with Crippen LogP contribution in [0.15, 0.2) is 12.2 Å². The van der Waals surface area contributed by atoms with Gasteiger partial charge in [-0.05, 0) is 32.1 Å². The van der Waals surface area contributed by atoms with Gasteiger partial charge in [-0.3, -0.25) is 9.59 Å². The molecule has 0 fully saturated rings. The van der Waals surface area contributed by atoms with Crippen LogP contribution in [-0.4, -0.2) is 47.4 Å². The molecule has 0 saturated heterocycles. The Hall–Kier alpha value is -1.40. The van der Waals surface area contributed by atoms with Crippen molar-refractivity contribution in [1.29, 1.82) is 0 Å². The Labute approximate surface area is 450 Å².